The number of ether oxygens (including phenoxy) is 2. The lowest BCUT2D eigenvalue weighted by atomic mass is 10.0. The summed E-state index contributed by atoms with van der Waals surface area (Å²) in [7, 11) is 3.49. The molecule has 1 atom stereocenters. The molecule has 146 valence electrons. The minimum absolute atomic E-state index is 0.630. The van der Waals surface area contributed by atoms with Crippen LogP contribution in [0.2, 0.25) is 0 Å². The zero-order valence-electron chi connectivity index (χ0n) is 16.9. The van der Waals surface area contributed by atoms with Gasteiger partial charge in [-0.05, 0) is 55.6 Å². The number of aryl methyl sites for hydroxylation is 1. The molecule has 28 heavy (non-hydrogen) atoms. The maximum atomic E-state index is 5.40. The van der Waals surface area contributed by atoms with Crippen molar-refractivity contribution in [3.8, 4) is 17.0 Å². The summed E-state index contributed by atoms with van der Waals surface area (Å²) >= 11 is 0. The molecule has 4 heteroatoms. The Kier molecular flexibility index (Phi) is 5.60. The van der Waals surface area contributed by atoms with Crippen molar-refractivity contribution < 1.29 is 9.47 Å². The van der Waals surface area contributed by atoms with Crippen LogP contribution in [0.4, 0.5) is 0 Å². The largest absolute Gasteiger partial charge is 0.497 e. The second-order valence-corrected chi connectivity index (χ2v) is 7.77. The van der Waals surface area contributed by atoms with Crippen LogP contribution in [0.25, 0.3) is 22.2 Å². The van der Waals surface area contributed by atoms with E-state index in [1.54, 1.807) is 14.2 Å². The highest BCUT2D eigenvalue weighted by molar-refractivity contribution is 5.84. The maximum Gasteiger partial charge on any atom is 0.121 e. The number of aromatic nitrogens is 1. The molecule has 0 radical (unpaired) electrons. The van der Waals surface area contributed by atoms with E-state index < -0.39 is 0 Å². The van der Waals surface area contributed by atoms with Gasteiger partial charge >= 0.3 is 0 Å². The minimum Gasteiger partial charge on any atom is -0.497 e. The van der Waals surface area contributed by atoms with Crippen LogP contribution in [-0.2, 0) is 11.3 Å². The molecule has 2 aromatic carbocycles. The third-order valence-electron chi connectivity index (χ3n) is 5.56. The van der Waals surface area contributed by atoms with Crippen LogP contribution in [0.5, 0.6) is 5.75 Å². The summed E-state index contributed by atoms with van der Waals surface area (Å²) in [6.45, 7) is 6.09. The summed E-state index contributed by atoms with van der Waals surface area (Å²) in [4.78, 5) is 7.58. The molecule has 0 bridgehead atoms. The number of fused-ring (bicyclic) bond motifs is 1. The molecule has 0 aliphatic carbocycles. The zero-order chi connectivity index (χ0) is 19.5. The molecule has 1 aliphatic heterocycles. The Morgan fingerprint density at radius 3 is 2.79 bits per heavy atom. The molecule has 1 fully saturated rings. The van der Waals surface area contributed by atoms with Crippen molar-refractivity contribution in [1.82, 2.24) is 9.88 Å². The zero-order valence-corrected chi connectivity index (χ0v) is 16.9. The van der Waals surface area contributed by atoms with Gasteiger partial charge < -0.3 is 9.47 Å². The van der Waals surface area contributed by atoms with Gasteiger partial charge in [0.2, 0.25) is 0 Å². The number of methoxy groups -OCH3 is 2. The Morgan fingerprint density at radius 1 is 1.11 bits per heavy atom. The molecule has 4 rings (SSSR count). The highest BCUT2D eigenvalue weighted by Crippen LogP contribution is 2.30. The number of nitrogens with zero attached hydrogens (tertiary/aromatic N) is 2. The van der Waals surface area contributed by atoms with E-state index in [4.69, 9.17) is 14.5 Å². The third kappa shape index (κ3) is 4.03. The fourth-order valence-corrected chi connectivity index (χ4v) is 4.15. The van der Waals surface area contributed by atoms with Crippen LogP contribution in [0, 0.1) is 12.8 Å². The number of hydrogen-bond donors (Lipinski definition) is 0. The maximum absolute atomic E-state index is 5.40. The lowest BCUT2D eigenvalue weighted by Gasteiger charge is -2.19. The Morgan fingerprint density at radius 2 is 2.00 bits per heavy atom. The predicted molar refractivity (Wildman–Crippen MR) is 114 cm³/mol. The first-order valence-corrected chi connectivity index (χ1v) is 9.92. The number of rotatable bonds is 6. The average Bonchev–Trinajstić information content (AvgIpc) is 3.14. The molecule has 0 saturated carbocycles. The summed E-state index contributed by atoms with van der Waals surface area (Å²) in [5, 5.41) is 1.15. The van der Waals surface area contributed by atoms with E-state index in [2.05, 4.69) is 48.2 Å². The van der Waals surface area contributed by atoms with Crippen molar-refractivity contribution in [2.24, 2.45) is 5.92 Å². The summed E-state index contributed by atoms with van der Waals surface area (Å²) < 4.78 is 10.8. The van der Waals surface area contributed by atoms with Crippen molar-refractivity contribution in [3.05, 3.63) is 59.7 Å². The van der Waals surface area contributed by atoms with Crippen LogP contribution >= 0.6 is 0 Å². The second kappa shape index (κ2) is 8.29. The SMILES string of the molecule is COC[C@@H]1CCN(Cc2cc3ccc(OC)cc3nc2-c2cccc(C)c2)C1. The lowest BCUT2D eigenvalue weighted by molar-refractivity contribution is 0.152. The van der Waals surface area contributed by atoms with E-state index in [0.717, 1.165) is 48.6 Å². The normalized spacial score (nSPS) is 17.3. The van der Waals surface area contributed by atoms with Gasteiger partial charge in [0.05, 0.1) is 24.9 Å². The van der Waals surface area contributed by atoms with Crippen LogP contribution in [0.1, 0.15) is 17.5 Å². The summed E-state index contributed by atoms with van der Waals surface area (Å²) in [6, 6.07) is 17.0. The molecule has 0 amide bonds. The van der Waals surface area contributed by atoms with E-state index in [1.165, 1.54) is 23.1 Å². The number of hydrogen-bond acceptors (Lipinski definition) is 4. The van der Waals surface area contributed by atoms with Gasteiger partial charge in [-0.15, -0.1) is 0 Å². The van der Waals surface area contributed by atoms with Gasteiger partial charge in [-0.25, -0.2) is 4.98 Å². The molecule has 1 saturated heterocycles. The van der Waals surface area contributed by atoms with Crippen LogP contribution in [-0.4, -0.2) is 43.8 Å². The van der Waals surface area contributed by atoms with Crippen LogP contribution in [0.3, 0.4) is 0 Å². The highest BCUT2D eigenvalue weighted by atomic mass is 16.5. The summed E-state index contributed by atoms with van der Waals surface area (Å²) in [6.07, 6.45) is 1.20. The molecule has 1 aliphatic rings. The molecule has 0 spiro atoms. The van der Waals surface area contributed by atoms with Crippen molar-refractivity contribution in [3.63, 3.8) is 0 Å². The molecule has 3 aromatic rings. The van der Waals surface area contributed by atoms with E-state index in [9.17, 15) is 0 Å². The van der Waals surface area contributed by atoms with Crippen molar-refractivity contribution in [1.29, 1.82) is 0 Å². The molecule has 4 nitrogen and oxygen atoms in total. The second-order valence-electron chi connectivity index (χ2n) is 7.77. The van der Waals surface area contributed by atoms with E-state index >= 15 is 0 Å². The Bertz CT molecular complexity index is 970. The monoisotopic (exact) mass is 376 g/mol. The van der Waals surface area contributed by atoms with Gasteiger partial charge in [0.15, 0.2) is 0 Å². The molecule has 0 N–H and O–H groups in total. The van der Waals surface area contributed by atoms with Gasteiger partial charge in [0.1, 0.15) is 5.75 Å². The van der Waals surface area contributed by atoms with Crippen LogP contribution in [0.15, 0.2) is 48.5 Å². The highest BCUT2D eigenvalue weighted by Gasteiger charge is 2.23. The number of likely N-dealkylation sites (tertiary alicyclic amines) is 1. The lowest BCUT2D eigenvalue weighted by Crippen LogP contribution is -2.22. The fraction of sp³-hybridized carbons (Fsp3) is 0.375. The first-order valence-electron chi connectivity index (χ1n) is 9.92. The first-order chi connectivity index (χ1) is 13.7. The number of benzene rings is 2. The first kappa shape index (κ1) is 18.9. The molecule has 2 heterocycles. The van der Waals surface area contributed by atoms with E-state index in [1.807, 2.05) is 12.1 Å². The van der Waals surface area contributed by atoms with Gasteiger partial charge in [-0.3, -0.25) is 4.90 Å². The minimum atomic E-state index is 0.630. The Hall–Kier alpha value is -2.43. The molecular weight excluding hydrogens is 348 g/mol. The van der Waals surface area contributed by atoms with Crippen molar-refractivity contribution >= 4 is 10.9 Å². The Labute approximate surface area is 167 Å². The van der Waals surface area contributed by atoms with Gasteiger partial charge in [0, 0.05) is 37.2 Å². The molecule has 1 aromatic heterocycles. The van der Waals surface area contributed by atoms with Gasteiger partial charge in [0.25, 0.3) is 0 Å². The van der Waals surface area contributed by atoms with Crippen LogP contribution < -0.4 is 4.74 Å². The average molecular weight is 377 g/mol. The van der Waals surface area contributed by atoms with Gasteiger partial charge in [-0.1, -0.05) is 23.8 Å². The summed E-state index contributed by atoms with van der Waals surface area (Å²) in [5.41, 5.74) is 5.74. The summed E-state index contributed by atoms with van der Waals surface area (Å²) in [5.74, 6) is 1.47. The smallest absolute Gasteiger partial charge is 0.121 e. The Balaban J connectivity index is 1.73. The van der Waals surface area contributed by atoms with Crippen molar-refractivity contribution in [2.75, 3.05) is 33.9 Å². The fourth-order valence-electron chi connectivity index (χ4n) is 4.15. The topological polar surface area (TPSA) is 34.6 Å². The quantitative estimate of drug-likeness (QED) is 0.625. The number of pyridine rings is 1. The third-order valence-corrected chi connectivity index (χ3v) is 5.56. The molecule has 0 unspecified atom stereocenters. The van der Waals surface area contributed by atoms with E-state index in [0.29, 0.717) is 5.92 Å². The van der Waals surface area contributed by atoms with Gasteiger partial charge in [-0.2, -0.15) is 0 Å². The predicted octanol–water partition coefficient (Wildman–Crippen LogP) is 4.69. The van der Waals surface area contributed by atoms with E-state index in [-0.39, 0.29) is 0 Å². The standard InChI is InChI=1S/C24H28N2O2/c1-17-5-4-6-20(11-17)24-21(15-26-10-9-18(14-26)16-27-2)12-19-7-8-22(28-3)13-23(19)25-24/h4-8,11-13,18H,9-10,14-16H2,1-3H3/t18-/m1/s1. The molecular formula is C24H28N2O2. The van der Waals surface area contributed by atoms with Crippen molar-refractivity contribution in [2.45, 2.75) is 19.9 Å².